The zero-order valence-electron chi connectivity index (χ0n) is 15.4. The summed E-state index contributed by atoms with van der Waals surface area (Å²) < 4.78 is 12.8. The number of amides is 1. The molecule has 1 amide bonds. The summed E-state index contributed by atoms with van der Waals surface area (Å²) in [5.74, 6) is 2.00. The minimum Gasteiger partial charge on any atom is -0.497 e. The zero-order chi connectivity index (χ0) is 18.8. The highest BCUT2D eigenvalue weighted by Crippen LogP contribution is 2.29. The summed E-state index contributed by atoms with van der Waals surface area (Å²) in [5, 5.41) is 2.95. The van der Waals surface area contributed by atoms with E-state index in [-0.39, 0.29) is 5.91 Å². The lowest BCUT2D eigenvalue weighted by Crippen LogP contribution is -2.13. The third-order valence-corrected chi connectivity index (χ3v) is 4.79. The van der Waals surface area contributed by atoms with Gasteiger partial charge in [-0.15, -0.1) is 0 Å². The molecule has 0 saturated carbocycles. The third kappa shape index (κ3) is 3.26. The van der Waals surface area contributed by atoms with Gasteiger partial charge in [0.05, 0.1) is 31.7 Å². The molecule has 0 bridgehead atoms. The molecule has 1 aliphatic rings. The first-order valence-corrected chi connectivity index (χ1v) is 8.88. The van der Waals surface area contributed by atoms with Crippen LogP contribution in [0.3, 0.4) is 0 Å². The maximum atomic E-state index is 12.7. The van der Waals surface area contributed by atoms with E-state index in [1.807, 2.05) is 30.5 Å². The van der Waals surface area contributed by atoms with E-state index in [2.05, 4.69) is 14.9 Å². The van der Waals surface area contributed by atoms with E-state index in [0.29, 0.717) is 17.1 Å². The molecule has 27 heavy (non-hydrogen) atoms. The number of rotatable bonds is 5. The van der Waals surface area contributed by atoms with Crippen molar-refractivity contribution in [1.29, 1.82) is 0 Å². The van der Waals surface area contributed by atoms with Gasteiger partial charge in [0.1, 0.15) is 17.3 Å². The molecule has 0 atom stereocenters. The molecule has 3 aromatic rings. The summed E-state index contributed by atoms with van der Waals surface area (Å²) in [5.41, 5.74) is 3.30. The standard InChI is InChI=1S/C21H21N3O3/c1-26-16-8-9-17(19(12-16)27-2)21(25)23-15-6-3-5-14(11-15)18-13-22-20-7-4-10-24(18)20/h3,5-6,8-9,11-13H,4,7,10H2,1-2H3,(H,23,25). The Balaban J connectivity index is 1.59. The average molecular weight is 363 g/mol. The lowest BCUT2D eigenvalue weighted by atomic mass is 10.1. The van der Waals surface area contributed by atoms with Crippen LogP contribution >= 0.6 is 0 Å². The van der Waals surface area contributed by atoms with Crippen LogP contribution in [0.1, 0.15) is 22.6 Å². The fourth-order valence-electron chi connectivity index (χ4n) is 3.43. The molecule has 6 heteroatoms. The number of anilines is 1. The van der Waals surface area contributed by atoms with E-state index in [9.17, 15) is 4.79 Å². The van der Waals surface area contributed by atoms with Crippen molar-refractivity contribution in [3.8, 4) is 22.8 Å². The van der Waals surface area contributed by atoms with Gasteiger partial charge in [-0.05, 0) is 30.7 Å². The van der Waals surface area contributed by atoms with Gasteiger partial charge in [0, 0.05) is 30.3 Å². The quantitative estimate of drug-likeness (QED) is 0.749. The number of imidazole rings is 1. The fourth-order valence-corrected chi connectivity index (χ4v) is 3.43. The SMILES string of the molecule is COc1ccc(C(=O)Nc2cccc(-c3cnc4n3CCC4)c2)c(OC)c1. The third-order valence-electron chi connectivity index (χ3n) is 4.79. The molecule has 2 aromatic carbocycles. The van der Waals surface area contributed by atoms with E-state index in [0.717, 1.165) is 42.2 Å². The number of hydrogen-bond acceptors (Lipinski definition) is 4. The molecule has 1 aromatic heterocycles. The number of benzene rings is 2. The van der Waals surface area contributed by atoms with Gasteiger partial charge in [0.15, 0.2) is 0 Å². The second kappa shape index (κ2) is 7.15. The van der Waals surface area contributed by atoms with Crippen molar-refractivity contribution < 1.29 is 14.3 Å². The first kappa shape index (κ1) is 17.1. The van der Waals surface area contributed by atoms with E-state index in [1.165, 1.54) is 7.11 Å². The predicted molar refractivity (Wildman–Crippen MR) is 103 cm³/mol. The Labute approximate surface area is 157 Å². The molecule has 4 rings (SSSR count). The highest BCUT2D eigenvalue weighted by atomic mass is 16.5. The van der Waals surface area contributed by atoms with Crippen LogP contribution in [0.5, 0.6) is 11.5 Å². The summed E-state index contributed by atoms with van der Waals surface area (Å²) in [4.78, 5) is 17.2. The van der Waals surface area contributed by atoms with E-state index in [4.69, 9.17) is 9.47 Å². The predicted octanol–water partition coefficient (Wildman–Crippen LogP) is 3.77. The Hall–Kier alpha value is -3.28. The normalized spacial score (nSPS) is 12.5. The Kier molecular flexibility index (Phi) is 4.54. The maximum Gasteiger partial charge on any atom is 0.259 e. The van der Waals surface area contributed by atoms with Crippen molar-refractivity contribution >= 4 is 11.6 Å². The van der Waals surface area contributed by atoms with Gasteiger partial charge < -0.3 is 19.4 Å². The number of fused-ring (bicyclic) bond motifs is 1. The summed E-state index contributed by atoms with van der Waals surface area (Å²) in [6.07, 6.45) is 4.06. The van der Waals surface area contributed by atoms with Crippen LogP contribution in [0.4, 0.5) is 5.69 Å². The topological polar surface area (TPSA) is 65.4 Å². The number of methoxy groups -OCH3 is 2. The first-order valence-electron chi connectivity index (χ1n) is 8.88. The molecule has 0 saturated heterocycles. The number of aryl methyl sites for hydroxylation is 1. The number of aromatic nitrogens is 2. The maximum absolute atomic E-state index is 12.7. The number of nitrogens with one attached hydrogen (secondary N) is 1. The number of hydrogen-bond donors (Lipinski definition) is 1. The molecule has 0 unspecified atom stereocenters. The van der Waals surface area contributed by atoms with Gasteiger partial charge in [0.25, 0.3) is 5.91 Å². The largest absolute Gasteiger partial charge is 0.497 e. The van der Waals surface area contributed by atoms with Gasteiger partial charge in [-0.3, -0.25) is 4.79 Å². The van der Waals surface area contributed by atoms with Crippen LogP contribution < -0.4 is 14.8 Å². The Morgan fingerprint density at radius 2 is 2.04 bits per heavy atom. The van der Waals surface area contributed by atoms with Crippen LogP contribution in [-0.4, -0.2) is 29.7 Å². The molecule has 0 spiro atoms. The summed E-state index contributed by atoms with van der Waals surface area (Å²) in [6, 6.07) is 12.9. The summed E-state index contributed by atoms with van der Waals surface area (Å²) in [7, 11) is 3.11. The molecule has 138 valence electrons. The zero-order valence-corrected chi connectivity index (χ0v) is 15.4. The number of carbonyl (C=O) groups excluding carboxylic acids is 1. The van der Waals surface area contributed by atoms with E-state index < -0.39 is 0 Å². The second-order valence-corrected chi connectivity index (χ2v) is 6.42. The molecule has 6 nitrogen and oxygen atoms in total. The van der Waals surface area contributed by atoms with Crippen LogP contribution in [0.15, 0.2) is 48.7 Å². The summed E-state index contributed by atoms with van der Waals surface area (Å²) >= 11 is 0. The van der Waals surface area contributed by atoms with Crippen molar-refractivity contribution in [2.75, 3.05) is 19.5 Å². The van der Waals surface area contributed by atoms with Gasteiger partial charge in [-0.1, -0.05) is 12.1 Å². The van der Waals surface area contributed by atoms with Crippen molar-refractivity contribution in [2.24, 2.45) is 0 Å². The number of ether oxygens (including phenoxy) is 2. The summed E-state index contributed by atoms with van der Waals surface area (Å²) in [6.45, 7) is 0.990. The molecule has 1 aliphatic heterocycles. The van der Waals surface area contributed by atoms with Crippen LogP contribution in [0.2, 0.25) is 0 Å². The van der Waals surface area contributed by atoms with Gasteiger partial charge in [0.2, 0.25) is 0 Å². The van der Waals surface area contributed by atoms with Crippen molar-refractivity contribution in [3.63, 3.8) is 0 Å². The van der Waals surface area contributed by atoms with Gasteiger partial charge >= 0.3 is 0 Å². The monoisotopic (exact) mass is 363 g/mol. The molecule has 1 N–H and O–H groups in total. The smallest absolute Gasteiger partial charge is 0.259 e. The van der Waals surface area contributed by atoms with Crippen molar-refractivity contribution in [2.45, 2.75) is 19.4 Å². The Morgan fingerprint density at radius 3 is 2.85 bits per heavy atom. The number of nitrogens with zero attached hydrogens (tertiary/aromatic N) is 2. The second-order valence-electron chi connectivity index (χ2n) is 6.42. The van der Waals surface area contributed by atoms with Crippen molar-refractivity contribution in [3.05, 3.63) is 60.0 Å². The highest BCUT2D eigenvalue weighted by Gasteiger charge is 2.17. The van der Waals surface area contributed by atoms with Gasteiger partial charge in [-0.2, -0.15) is 0 Å². The van der Waals surface area contributed by atoms with Crippen LogP contribution in [-0.2, 0) is 13.0 Å². The Morgan fingerprint density at radius 1 is 1.15 bits per heavy atom. The molecule has 0 fully saturated rings. The lowest BCUT2D eigenvalue weighted by molar-refractivity contribution is 0.102. The van der Waals surface area contributed by atoms with E-state index in [1.54, 1.807) is 25.3 Å². The van der Waals surface area contributed by atoms with Crippen LogP contribution in [0.25, 0.3) is 11.3 Å². The molecule has 2 heterocycles. The number of carbonyl (C=O) groups is 1. The van der Waals surface area contributed by atoms with E-state index >= 15 is 0 Å². The molecule has 0 aliphatic carbocycles. The minimum absolute atomic E-state index is 0.231. The fraction of sp³-hybridized carbons (Fsp3) is 0.238. The first-order chi connectivity index (χ1) is 13.2. The minimum atomic E-state index is -0.231. The molecular formula is C21H21N3O3. The molecular weight excluding hydrogens is 342 g/mol. The highest BCUT2D eigenvalue weighted by molar-refractivity contribution is 6.06. The molecule has 0 radical (unpaired) electrons. The Bertz CT molecular complexity index is 994. The van der Waals surface area contributed by atoms with Crippen molar-refractivity contribution in [1.82, 2.24) is 9.55 Å². The van der Waals surface area contributed by atoms with Gasteiger partial charge in [-0.25, -0.2) is 4.98 Å². The van der Waals surface area contributed by atoms with Crippen LogP contribution in [0, 0.1) is 0 Å². The average Bonchev–Trinajstić information content (AvgIpc) is 3.31. The lowest BCUT2D eigenvalue weighted by Gasteiger charge is -2.12.